The number of nitrogens with one attached hydrogen (secondary N) is 1. The van der Waals surface area contributed by atoms with Crippen LogP contribution in [0.1, 0.15) is 25.3 Å². The third-order valence-corrected chi connectivity index (χ3v) is 6.44. The number of anilines is 1. The first-order valence-corrected chi connectivity index (χ1v) is 12.4. The molecule has 0 radical (unpaired) electrons. The van der Waals surface area contributed by atoms with E-state index >= 15 is 0 Å². The summed E-state index contributed by atoms with van der Waals surface area (Å²) in [5.74, 6) is 0.756. The summed E-state index contributed by atoms with van der Waals surface area (Å²) >= 11 is 6.47. The third-order valence-electron chi connectivity index (χ3n) is 4.93. The molecule has 4 aromatic rings. The van der Waals surface area contributed by atoms with Gasteiger partial charge in [-0.05, 0) is 41.8 Å². The van der Waals surface area contributed by atoms with Crippen molar-refractivity contribution in [1.82, 2.24) is 19.9 Å². The Morgan fingerprint density at radius 3 is 2.31 bits per heavy atom. The van der Waals surface area contributed by atoms with E-state index in [0.29, 0.717) is 17.2 Å². The highest BCUT2D eigenvalue weighted by molar-refractivity contribution is 7.92. The van der Waals surface area contributed by atoms with E-state index in [1.807, 2.05) is 13.8 Å². The number of hydrogen-bond donors (Lipinski definition) is 1. The Balaban J connectivity index is 1.80. The second kappa shape index (κ2) is 10.2. The first-order chi connectivity index (χ1) is 16.8. The zero-order valence-corrected chi connectivity index (χ0v) is 20.7. The van der Waals surface area contributed by atoms with Crippen molar-refractivity contribution in [3.8, 4) is 28.8 Å². The van der Waals surface area contributed by atoms with Gasteiger partial charge in [0.15, 0.2) is 33.3 Å². The van der Waals surface area contributed by atoms with E-state index in [1.165, 1.54) is 19.4 Å². The van der Waals surface area contributed by atoms with Gasteiger partial charge in [0.25, 0.3) is 10.0 Å². The van der Waals surface area contributed by atoms with Gasteiger partial charge < -0.3 is 9.47 Å². The molecule has 0 fully saturated rings. The first-order valence-electron chi connectivity index (χ1n) is 10.6. The topological polar surface area (TPSA) is 116 Å². The van der Waals surface area contributed by atoms with Crippen LogP contribution in [0, 0.1) is 0 Å². The monoisotopic (exact) mass is 511 g/mol. The molecule has 1 aromatic carbocycles. The Bertz CT molecular complexity index is 1430. The van der Waals surface area contributed by atoms with Gasteiger partial charge in [0.05, 0.1) is 7.11 Å². The average Bonchev–Trinajstić information content (AvgIpc) is 2.86. The molecule has 4 rings (SSSR count). The highest BCUT2D eigenvalue weighted by Crippen LogP contribution is 2.39. The van der Waals surface area contributed by atoms with Crippen LogP contribution in [0.15, 0.2) is 72.0 Å². The van der Waals surface area contributed by atoms with Gasteiger partial charge >= 0.3 is 0 Å². The first kappa shape index (κ1) is 24.4. The number of benzene rings is 1. The zero-order chi connectivity index (χ0) is 25.0. The lowest BCUT2D eigenvalue weighted by Crippen LogP contribution is -2.17. The maximum atomic E-state index is 13.2. The maximum absolute atomic E-state index is 13.2. The number of halogens is 1. The molecule has 0 bridgehead atoms. The molecular formula is C24H22ClN5O4S. The van der Waals surface area contributed by atoms with E-state index in [-0.39, 0.29) is 33.5 Å². The Morgan fingerprint density at radius 1 is 0.943 bits per heavy atom. The number of aromatic nitrogens is 4. The number of hydrogen-bond acceptors (Lipinski definition) is 8. The van der Waals surface area contributed by atoms with Crippen molar-refractivity contribution >= 4 is 27.4 Å². The van der Waals surface area contributed by atoms with Crippen LogP contribution >= 0.6 is 11.6 Å². The molecule has 3 aromatic heterocycles. The number of rotatable bonds is 8. The van der Waals surface area contributed by atoms with Crippen molar-refractivity contribution in [2.24, 2.45) is 0 Å². The minimum Gasteiger partial charge on any atom is -0.493 e. The summed E-state index contributed by atoms with van der Waals surface area (Å²) in [6, 6.07) is 15.2. The SMILES string of the molecule is COc1ccccc1Oc1c(Cl)nc(-c2ccccn2)nc1NS(=O)(=O)c1ccc(C(C)C)cn1. The average molecular weight is 512 g/mol. The largest absolute Gasteiger partial charge is 0.493 e. The van der Waals surface area contributed by atoms with Crippen LogP contribution in [0.5, 0.6) is 17.2 Å². The van der Waals surface area contributed by atoms with Crippen molar-refractivity contribution in [1.29, 1.82) is 0 Å². The van der Waals surface area contributed by atoms with E-state index in [0.717, 1.165) is 5.56 Å². The van der Waals surface area contributed by atoms with Crippen LogP contribution in [0.2, 0.25) is 5.15 Å². The summed E-state index contributed by atoms with van der Waals surface area (Å²) in [5, 5.41) is -0.299. The van der Waals surface area contributed by atoms with Crippen LogP contribution in [0.4, 0.5) is 5.82 Å². The Labute approximate surface area is 208 Å². The van der Waals surface area contributed by atoms with Crippen LogP contribution in [0.25, 0.3) is 11.5 Å². The number of ether oxygens (including phenoxy) is 2. The normalized spacial score (nSPS) is 11.3. The molecule has 35 heavy (non-hydrogen) atoms. The molecule has 180 valence electrons. The standard InChI is InChI=1S/C24H22ClN5O4S/c1-15(2)16-11-12-20(27-14-16)35(31,32)30-24-21(34-19-10-5-4-9-18(19)33-3)22(25)28-23(29-24)17-8-6-7-13-26-17/h4-15H,1-3H3,(H,28,29,30). The lowest BCUT2D eigenvalue weighted by Gasteiger charge is -2.16. The quantitative estimate of drug-likeness (QED) is 0.316. The molecule has 1 N–H and O–H groups in total. The zero-order valence-electron chi connectivity index (χ0n) is 19.1. The fraction of sp³-hybridized carbons (Fsp3) is 0.167. The molecule has 0 aliphatic heterocycles. The van der Waals surface area contributed by atoms with Crippen molar-refractivity contribution in [2.75, 3.05) is 11.8 Å². The van der Waals surface area contributed by atoms with Gasteiger partial charge in [0, 0.05) is 12.4 Å². The van der Waals surface area contributed by atoms with E-state index in [9.17, 15) is 8.42 Å². The van der Waals surface area contributed by atoms with Gasteiger partial charge in [-0.1, -0.05) is 49.7 Å². The molecule has 0 saturated carbocycles. The van der Waals surface area contributed by atoms with Gasteiger partial charge in [-0.25, -0.2) is 15.0 Å². The van der Waals surface area contributed by atoms with Gasteiger partial charge in [0.2, 0.25) is 5.75 Å². The van der Waals surface area contributed by atoms with Crippen LogP contribution in [-0.4, -0.2) is 35.5 Å². The fourth-order valence-corrected chi connectivity index (χ4v) is 4.22. The molecular weight excluding hydrogens is 490 g/mol. The molecule has 3 heterocycles. The lowest BCUT2D eigenvalue weighted by molar-refractivity contribution is 0.378. The van der Waals surface area contributed by atoms with Gasteiger partial charge in [0.1, 0.15) is 5.69 Å². The molecule has 0 amide bonds. The molecule has 0 aliphatic carbocycles. The van der Waals surface area contributed by atoms with Crippen molar-refractivity contribution < 1.29 is 17.9 Å². The van der Waals surface area contributed by atoms with Crippen LogP contribution < -0.4 is 14.2 Å². The molecule has 9 nitrogen and oxygen atoms in total. The van der Waals surface area contributed by atoms with Crippen LogP contribution in [0.3, 0.4) is 0 Å². The van der Waals surface area contributed by atoms with E-state index in [1.54, 1.807) is 54.7 Å². The van der Waals surface area contributed by atoms with Gasteiger partial charge in [-0.2, -0.15) is 8.42 Å². The van der Waals surface area contributed by atoms with Crippen molar-refractivity contribution in [3.05, 3.63) is 77.7 Å². The van der Waals surface area contributed by atoms with Gasteiger partial charge in [-0.15, -0.1) is 0 Å². The lowest BCUT2D eigenvalue weighted by atomic mass is 10.1. The fourth-order valence-electron chi connectivity index (χ4n) is 3.08. The summed E-state index contributed by atoms with van der Waals surface area (Å²) in [6.07, 6.45) is 3.09. The van der Waals surface area contributed by atoms with Crippen LogP contribution in [-0.2, 0) is 10.0 Å². The number of sulfonamides is 1. The number of para-hydroxylation sites is 2. The highest BCUT2D eigenvalue weighted by atomic mass is 35.5. The number of methoxy groups -OCH3 is 1. The van der Waals surface area contributed by atoms with Crippen molar-refractivity contribution in [2.45, 2.75) is 24.8 Å². The summed E-state index contributed by atoms with van der Waals surface area (Å²) in [6.45, 7) is 3.99. The minimum atomic E-state index is -4.14. The van der Waals surface area contributed by atoms with E-state index in [2.05, 4.69) is 24.7 Å². The molecule has 11 heteroatoms. The third kappa shape index (κ3) is 5.50. The Morgan fingerprint density at radius 2 is 1.69 bits per heavy atom. The summed E-state index contributed by atoms with van der Waals surface area (Å²) in [7, 11) is -2.66. The molecule has 0 saturated heterocycles. The smallest absolute Gasteiger partial charge is 0.280 e. The van der Waals surface area contributed by atoms with E-state index in [4.69, 9.17) is 21.1 Å². The Hall–Kier alpha value is -3.76. The summed E-state index contributed by atoms with van der Waals surface area (Å²) < 4.78 is 40.1. The van der Waals surface area contributed by atoms with E-state index < -0.39 is 10.0 Å². The second-order valence-electron chi connectivity index (χ2n) is 7.67. The highest BCUT2D eigenvalue weighted by Gasteiger charge is 2.24. The maximum Gasteiger partial charge on any atom is 0.280 e. The summed E-state index contributed by atoms with van der Waals surface area (Å²) in [4.78, 5) is 17.0. The second-order valence-corrected chi connectivity index (χ2v) is 9.66. The number of pyridine rings is 2. The Kier molecular flexibility index (Phi) is 7.13. The molecule has 0 atom stereocenters. The minimum absolute atomic E-state index is 0.0989. The van der Waals surface area contributed by atoms with Gasteiger partial charge in [-0.3, -0.25) is 9.71 Å². The summed E-state index contributed by atoms with van der Waals surface area (Å²) in [5.41, 5.74) is 1.31. The molecule has 0 aliphatic rings. The molecule has 0 unspecified atom stereocenters. The molecule has 0 spiro atoms. The predicted molar refractivity (Wildman–Crippen MR) is 132 cm³/mol. The predicted octanol–water partition coefficient (Wildman–Crippen LogP) is 5.31. The number of nitrogens with zero attached hydrogens (tertiary/aromatic N) is 4. The van der Waals surface area contributed by atoms with Crippen molar-refractivity contribution in [3.63, 3.8) is 0 Å².